The molecule has 3 fully saturated rings. The first-order chi connectivity index (χ1) is 15.9. The third-order valence-electron chi connectivity index (χ3n) is 9.33. The molecule has 35 heavy (non-hydrogen) atoms. The summed E-state index contributed by atoms with van der Waals surface area (Å²) in [6.45, 7) is 25.3. The van der Waals surface area contributed by atoms with Crippen LogP contribution in [0.25, 0.3) is 0 Å². The lowest BCUT2D eigenvalue weighted by Crippen LogP contribution is -2.47. The van der Waals surface area contributed by atoms with Crippen LogP contribution in [-0.2, 0) is 18.7 Å². The van der Waals surface area contributed by atoms with E-state index in [1.54, 1.807) is 0 Å². The van der Waals surface area contributed by atoms with Gasteiger partial charge in [0.15, 0.2) is 19.9 Å². The highest BCUT2D eigenvalue weighted by molar-refractivity contribution is 6.74. The van der Waals surface area contributed by atoms with Gasteiger partial charge >= 0.3 is 0 Å². The summed E-state index contributed by atoms with van der Waals surface area (Å²) in [5.74, 6) is 6.83. The molecule has 0 aromatic carbocycles. The third kappa shape index (κ3) is 6.14. The van der Waals surface area contributed by atoms with Crippen molar-refractivity contribution in [3.05, 3.63) is 12.2 Å². The second kappa shape index (κ2) is 9.75. The van der Waals surface area contributed by atoms with Crippen LogP contribution >= 0.6 is 0 Å². The molecule has 198 valence electrons. The van der Waals surface area contributed by atoms with Crippen molar-refractivity contribution in [1.82, 2.24) is 0 Å². The predicted octanol–water partition coefficient (Wildman–Crippen LogP) is 7.00. The van der Waals surface area contributed by atoms with E-state index in [0.29, 0.717) is 11.8 Å². The van der Waals surface area contributed by atoms with Gasteiger partial charge in [-0.2, -0.15) is 0 Å². The van der Waals surface area contributed by atoms with E-state index in [-0.39, 0.29) is 39.6 Å². The fourth-order valence-corrected chi connectivity index (χ4v) is 7.02. The molecular weight excluding hydrogens is 452 g/mol. The van der Waals surface area contributed by atoms with Gasteiger partial charge in [-0.25, -0.2) is 0 Å². The van der Waals surface area contributed by atoms with Crippen molar-refractivity contribution in [2.45, 2.75) is 112 Å². The highest BCUT2D eigenvalue weighted by Crippen LogP contribution is 2.57. The highest BCUT2D eigenvalue weighted by atomic mass is 28.4. The summed E-state index contributed by atoms with van der Waals surface area (Å²) in [7, 11) is -1.94. The fraction of sp³-hybridized carbons (Fsp3) is 0.833. The number of ether oxygens (including phenoxy) is 2. The molecular formula is C30H50O4Si. The van der Waals surface area contributed by atoms with Crippen LogP contribution < -0.4 is 0 Å². The molecule has 5 atom stereocenters. The van der Waals surface area contributed by atoms with E-state index < -0.39 is 14.1 Å². The van der Waals surface area contributed by atoms with Crippen molar-refractivity contribution in [3.8, 4) is 11.8 Å². The zero-order chi connectivity index (χ0) is 26.4. The first-order valence-corrected chi connectivity index (χ1v) is 16.4. The largest absolute Gasteiger partial charge is 0.413 e. The fourth-order valence-electron chi connectivity index (χ4n) is 5.66. The molecule has 2 saturated carbocycles. The molecule has 0 bridgehead atoms. The Labute approximate surface area is 216 Å². The maximum absolute atomic E-state index is 13.2. The van der Waals surface area contributed by atoms with E-state index in [2.05, 4.69) is 79.5 Å². The van der Waals surface area contributed by atoms with Gasteiger partial charge in [0.05, 0.1) is 19.3 Å². The summed E-state index contributed by atoms with van der Waals surface area (Å²) >= 11 is 0. The summed E-state index contributed by atoms with van der Waals surface area (Å²) in [6, 6.07) is 0. The van der Waals surface area contributed by atoms with Crippen LogP contribution in [0.3, 0.4) is 0 Å². The van der Waals surface area contributed by atoms with Gasteiger partial charge in [0, 0.05) is 35.5 Å². The summed E-state index contributed by atoms with van der Waals surface area (Å²) in [4.78, 5) is 13.2. The van der Waals surface area contributed by atoms with Gasteiger partial charge in [-0.05, 0) is 63.2 Å². The number of carbonyl (C=O) groups excluding carboxylic acids is 1. The van der Waals surface area contributed by atoms with Gasteiger partial charge < -0.3 is 13.9 Å². The van der Waals surface area contributed by atoms with Crippen LogP contribution in [0.4, 0.5) is 0 Å². The molecule has 3 rings (SSSR count). The van der Waals surface area contributed by atoms with E-state index in [4.69, 9.17) is 13.9 Å². The lowest BCUT2D eigenvalue weighted by Gasteiger charge is -2.43. The second-order valence-electron chi connectivity index (χ2n) is 14.3. The molecule has 5 heteroatoms. The average molecular weight is 503 g/mol. The molecule has 1 spiro atoms. The predicted molar refractivity (Wildman–Crippen MR) is 145 cm³/mol. The zero-order valence-electron chi connectivity index (χ0n) is 24.2. The Kier molecular flexibility index (Phi) is 7.97. The summed E-state index contributed by atoms with van der Waals surface area (Å²) in [6.07, 6.45) is 6.97. The van der Waals surface area contributed by atoms with Gasteiger partial charge in [0.2, 0.25) is 0 Å². The number of allylic oxidation sites excluding steroid dienone is 1. The van der Waals surface area contributed by atoms with Crippen LogP contribution in [0.15, 0.2) is 12.2 Å². The number of fused-ring (bicyclic) bond motifs is 1. The molecule has 2 aliphatic carbocycles. The van der Waals surface area contributed by atoms with Crippen LogP contribution in [-0.4, -0.2) is 39.2 Å². The quantitative estimate of drug-likeness (QED) is 0.223. The van der Waals surface area contributed by atoms with Gasteiger partial charge in [-0.3, -0.25) is 4.79 Å². The van der Waals surface area contributed by atoms with E-state index in [0.717, 1.165) is 32.5 Å². The number of rotatable bonds is 6. The summed E-state index contributed by atoms with van der Waals surface area (Å²) < 4.78 is 19.8. The number of ketones is 1. The minimum absolute atomic E-state index is 0.0625. The Morgan fingerprint density at radius 2 is 1.71 bits per heavy atom. The SMILES string of the molecule is CC#CC(C)(C)C(C)C(=O)/C=C/[C@@H]1[C@H]2CC3(C[C@H]2C[C@H]1O[Si](C)(C)C(C)(C)C)OCC(C)(C)CO3. The molecule has 3 aliphatic rings. The maximum atomic E-state index is 13.2. The molecule has 0 aromatic rings. The second-order valence-corrected chi connectivity index (χ2v) is 19.1. The maximum Gasteiger partial charge on any atom is 0.192 e. The number of hydrogen-bond acceptors (Lipinski definition) is 4. The van der Waals surface area contributed by atoms with Crippen molar-refractivity contribution in [1.29, 1.82) is 0 Å². The van der Waals surface area contributed by atoms with E-state index >= 15 is 0 Å². The van der Waals surface area contributed by atoms with Crippen molar-refractivity contribution >= 4 is 14.1 Å². The van der Waals surface area contributed by atoms with E-state index in [9.17, 15) is 4.79 Å². The Morgan fingerprint density at radius 1 is 1.11 bits per heavy atom. The normalized spacial score (nSPS) is 31.3. The minimum atomic E-state index is -1.94. The van der Waals surface area contributed by atoms with Gasteiger partial charge in [-0.15, -0.1) is 5.92 Å². The van der Waals surface area contributed by atoms with Gasteiger partial charge in [0.25, 0.3) is 0 Å². The Bertz CT molecular complexity index is 872. The molecule has 1 unspecified atom stereocenters. The monoisotopic (exact) mass is 502 g/mol. The first-order valence-electron chi connectivity index (χ1n) is 13.5. The molecule has 0 radical (unpaired) electrons. The number of hydrogen-bond donors (Lipinski definition) is 0. The minimum Gasteiger partial charge on any atom is -0.413 e. The highest BCUT2D eigenvalue weighted by Gasteiger charge is 2.58. The lowest BCUT2D eigenvalue weighted by molar-refractivity contribution is -0.298. The standard InChI is InChI=1S/C30H50O4Si/c1-12-15-29(8,9)21(2)25(31)14-13-23-24-18-30(32-19-28(6,7)20-33-30)17-22(24)16-26(23)34-35(10,11)27(3,4)5/h13-14,21-24,26H,16-20H2,1-11H3/b14-13+/t21?,22-,23-,24+,26-/m1/s1. The van der Waals surface area contributed by atoms with Crippen molar-refractivity contribution < 1.29 is 18.7 Å². The number of carbonyl (C=O) groups is 1. The Morgan fingerprint density at radius 3 is 2.26 bits per heavy atom. The van der Waals surface area contributed by atoms with Gasteiger partial charge in [-0.1, -0.05) is 53.5 Å². The Hall–Kier alpha value is -0.933. The summed E-state index contributed by atoms with van der Waals surface area (Å²) in [5, 5.41) is 0.147. The molecule has 1 saturated heterocycles. The summed E-state index contributed by atoms with van der Waals surface area (Å²) in [5.41, 5.74) is -0.285. The van der Waals surface area contributed by atoms with Crippen LogP contribution in [0.5, 0.6) is 0 Å². The van der Waals surface area contributed by atoms with Gasteiger partial charge in [0.1, 0.15) is 0 Å². The molecule has 0 aromatic heterocycles. The zero-order valence-corrected chi connectivity index (χ0v) is 25.2. The molecule has 4 nitrogen and oxygen atoms in total. The third-order valence-corrected chi connectivity index (χ3v) is 13.8. The van der Waals surface area contributed by atoms with Crippen molar-refractivity contribution in [2.24, 2.45) is 34.5 Å². The topological polar surface area (TPSA) is 44.8 Å². The average Bonchev–Trinajstić information content (AvgIpc) is 3.21. The van der Waals surface area contributed by atoms with Crippen molar-refractivity contribution in [3.63, 3.8) is 0 Å². The van der Waals surface area contributed by atoms with E-state index in [1.807, 2.05) is 19.9 Å². The van der Waals surface area contributed by atoms with Crippen LogP contribution in [0, 0.1) is 46.3 Å². The van der Waals surface area contributed by atoms with Crippen molar-refractivity contribution in [2.75, 3.05) is 13.2 Å². The first kappa shape index (κ1) is 28.6. The smallest absolute Gasteiger partial charge is 0.192 e. The molecule has 0 N–H and O–H groups in total. The Balaban J connectivity index is 1.83. The molecule has 1 aliphatic heterocycles. The van der Waals surface area contributed by atoms with Crippen LogP contribution in [0.1, 0.15) is 81.6 Å². The van der Waals surface area contributed by atoms with Crippen LogP contribution in [0.2, 0.25) is 18.1 Å². The van der Waals surface area contributed by atoms with E-state index in [1.165, 1.54) is 0 Å². The lowest BCUT2D eigenvalue weighted by atomic mass is 9.77. The molecule has 0 amide bonds. The molecule has 1 heterocycles.